The van der Waals surface area contributed by atoms with Crippen LogP contribution in [0.4, 0.5) is 20.9 Å². The van der Waals surface area contributed by atoms with Gasteiger partial charge in [-0.3, -0.25) is 4.79 Å². The predicted molar refractivity (Wildman–Crippen MR) is 108 cm³/mol. The van der Waals surface area contributed by atoms with Crippen LogP contribution in [-0.2, 0) is 10.5 Å². The highest BCUT2D eigenvalue weighted by molar-refractivity contribution is 9.10. The Labute approximate surface area is 166 Å². The Morgan fingerprint density at radius 1 is 1.23 bits per heavy atom. The fourth-order valence-corrected chi connectivity index (χ4v) is 4.24. The van der Waals surface area contributed by atoms with Crippen LogP contribution in [0.1, 0.15) is 12.5 Å². The molecule has 0 fully saturated rings. The number of aromatic nitrogens is 2. The van der Waals surface area contributed by atoms with E-state index in [-0.39, 0.29) is 11.7 Å². The molecule has 0 bridgehead atoms. The second-order valence-electron chi connectivity index (χ2n) is 5.30. The molecule has 2 aromatic carbocycles. The molecular weight excluding hydrogens is 439 g/mol. The summed E-state index contributed by atoms with van der Waals surface area (Å²) in [6, 6.07) is 12.3. The van der Waals surface area contributed by atoms with Crippen molar-refractivity contribution in [3.05, 3.63) is 58.3 Å². The summed E-state index contributed by atoms with van der Waals surface area (Å²) in [7, 11) is 0. The first-order chi connectivity index (χ1) is 12.5. The van der Waals surface area contributed by atoms with E-state index < -0.39 is 0 Å². The van der Waals surface area contributed by atoms with Crippen molar-refractivity contribution in [2.24, 2.45) is 0 Å². The number of thioether (sulfide) groups is 1. The zero-order valence-corrected chi connectivity index (χ0v) is 16.8. The van der Waals surface area contributed by atoms with E-state index in [1.54, 1.807) is 12.1 Å². The minimum Gasteiger partial charge on any atom is -0.330 e. The number of anilines is 3. The molecule has 0 saturated heterocycles. The van der Waals surface area contributed by atoms with Crippen molar-refractivity contribution >= 4 is 61.4 Å². The molecule has 1 heterocycles. The molecule has 0 unspecified atom stereocenters. The number of rotatable bonds is 6. The fraction of sp³-hybridized carbons (Fsp3) is 0.118. The third kappa shape index (κ3) is 5.26. The van der Waals surface area contributed by atoms with Crippen LogP contribution in [0.15, 0.2) is 51.3 Å². The number of nitrogens with zero attached hydrogens (tertiary/aromatic N) is 2. The molecule has 3 rings (SSSR count). The van der Waals surface area contributed by atoms with Crippen LogP contribution in [0.5, 0.6) is 0 Å². The lowest BCUT2D eigenvalue weighted by Crippen LogP contribution is -2.05. The molecule has 26 heavy (non-hydrogen) atoms. The topological polar surface area (TPSA) is 66.9 Å². The maximum atomic E-state index is 13.3. The molecule has 3 aromatic rings. The summed E-state index contributed by atoms with van der Waals surface area (Å²) < 4.78 is 14.5. The summed E-state index contributed by atoms with van der Waals surface area (Å²) in [6.45, 7) is 1.47. The van der Waals surface area contributed by atoms with Gasteiger partial charge in [0.1, 0.15) is 5.82 Å². The summed E-state index contributed by atoms with van der Waals surface area (Å²) in [5, 5.41) is 14.9. The van der Waals surface area contributed by atoms with E-state index in [1.807, 2.05) is 24.3 Å². The van der Waals surface area contributed by atoms with Crippen LogP contribution in [0.2, 0.25) is 0 Å². The van der Waals surface area contributed by atoms with Gasteiger partial charge in [0, 0.05) is 24.1 Å². The van der Waals surface area contributed by atoms with E-state index >= 15 is 0 Å². The summed E-state index contributed by atoms with van der Waals surface area (Å²) in [5.41, 5.74) is 2.52. The average molecular weight is 453 g/mol. The van der Waals surface area contributed by atoms with Gasteiger partial charge < -0.3 is 10.6 Å². The molecule has 0 aliphatic heterocycles. The van der Waals surface area contributed by atoms with Crippen molar-refractivity contribution in [1.29, 1.82) is 0 Å². The molecule has 5 nitrogen and oxygen atoms in total. The Balaban J connectivity index is 1.61. The number of carbonyl (C=O) groups is 1. The second-order valence-corrected chi connectivity index (χ2v) is 8.35. The van der Waals surface area contributed by atoms with Gasteiger partial charge in [0.05, 0.1) is 4.47 Å². The van der Waals surface area contributed by atoms with Crippen molar-refractivity contribution in [3.8, 4) is 0 Å². The van der Waals surface area contributed by atoms with Gasteiger partial charge in [0.2, 0.25) is 11.0 Å². The molecule has 9 heteroatoms. The van der Waals surface area contributed by atoms with Crippen molar-refractivity contribution in [3.63, 3.8) is 0 Å². The Kier molecular flexibility index (Phi) is 6.23. The van der Waals surface area contributed by atoms with Gasteiger partial charge in [-0.1, -0.05) is 35.2 Å². The third-order valence-corrected chi connectivity index (χ3v) is 5.84. The first-order valence-electron chi connectivity index (χ1n) is 7.54. The SMILES string of the molecule is CC(=O)Nc1cccc(Nc2nnc(SCc3ccc(F)c(Br)c3)s2)c1. The highest BCUT2D eigenvalue weighted by atomic mass is 79.9. The van der Waals surface area contributed by atoms with Gasteiger partial charge in [-0.05, 0) is 51.8 Å². The molecule has 1 aromatic heterocycles. The van der Waals surface area contributed by atoms with Gasteiger partial charge in [0.15, 0.2) is 4.34 Å². The van der Waals surface area contributed by atoms with Crippen LogP contribution in [0.25, 0.3) is 0 Å². The zero-order valence-electron chi connectivity index (χ0n) is 13.6. The number of nitrogens with one attached hydrogen (secondary N) is 2. The number of hydrogen-bond donors (Lipinski definition) is 2. The van der Waals surface area contributed by atoms with Gasteiger partial charge >= 0.3 is 0 Å². The number of benzene rings is 2. The third-order valence-electron chi connectivity index (χ3n) is 3.19. The van der Waals surface area contributed by atoms with E-state index in [4.69, 9.17) is 0 Å². The van der Waals surface area contributed by atoms with E-state index in [9.17, 15) is 9.18 Å². The average Bonchev–Trinajstić information content (AvgIpc) is 3.03. The number of hydrogen-bond acceptors (Lipinski definition) is 6. The highest BCUT2D eigenvalue weighted by Crippen LogP contribution is 2.31. The lowest BCUT2D eigenvalue weighted by Gasteiger charge is -2.05. The maximum absolute atomic E-state index is 13.3. The van der Waals surface area contributed by atoms with Gasteiger partial charge in [-0.15, -0.1) is 10.2 Å². The molecule has 1 amide bonds. The van der Waals surface area contributed by atoms with E-state index in [0.29, 0.717) is 21.0 Å². The normalized spacial score (nSPS) is 10.6. The van der Waals surface area contributed by atoms with E-state index in [1.165, 1.54) is 36.1 Å². The molecular formula is C17H14BrFN4OS2. The second kappa shape index (κ2) is 8.61. The Morgan fingerprint density at radius 3 is 2.81 bits per heavy atom. The molecule has 134 valence electrons. The number of halogens is 2. The first kappa shape index (κ1) is 18.8. The highest BCUT2D eigenvalue weighted by Gasteiger charge is 2.07. The smallest absolute Gasteiger partial charge is 0.221 e. The number of carbonyl (C=O) groups excluding carboxylic acids is 1. The predicted octanol–water partition coefficient (Wildman–Crippen LogP) is 5.43. The van der Waals surface area contributed by atoms with Crippen molar-refractivity contribution in [1.82, 2.24) is 10.2 Å². The van der Waals surface area contributed by atoms with Crippen molar-refractivity contribution < 1.29 is 9.18 Å². The molecule has 2 N–H and O–H groups in total. The molecule has 0 atom stereocenters. The molecule has 0 spiro atoms. The zero-order chi connectivity index (χ0) is 18.5. The lowest BCUT2D eigenvalue weighted by molar-refractivity contribution is -0.114. The molecule has 0 aliphatic rings. The first-order valence-corrected chi connectivity index (χ1v) is 10.1. The monoisotopic (exact) mass is 452 g/mol. The summed E-state index contributed by atoms with van der Waals surface area (Å²) in [4.78, 5) is 11.1. The standard InChI is InChI=1S/C17H14BrFN4OS2/c1-10(24)20-12-3-2-4-13(8-12)21-16-22-23-17(26-16)25-9-11-5-6-15(19)14(18)7-11/h2-8H,9H2,1H3,(H,20,24)(H,21,22). The van der Waals surface area contributed by atoms with Crippen LogP contribution in [-0.4, -0.2) is 16.1 Å². The summed E-state index contributed by atoms with van der Waals surface area (Å²) in [5.74, 6) is 0.276. The maximum Gasteiger partial charge on any atom is 0.221 e. The van der Waals surface area contributed by atoms with E-state index in [0.717, 1.165) is 15.6 Å². The molecule has 0 aliphatic carbocycles. The van der Waals surface area contributed by atoms with Crippen molar-refractivity contribution in [2.75, 3.05) is 10.6 Å². The van der Waals surface area contributed by atoms with Crippen LogP contribution in [0.3, 0.4) is 0 Å². The summed E-state index contributed by atoms with van der Waals surface area (Å²) in [6.07, 6.45) is 0. The Bertz CT molecular complexity index is 935. The minimum atomic E-state index is -0.275. The lowest BCUT2D eigenvalue weighted by atomic mass is 10.2. The van der Waals surface area contributed by atoms with Crippen LogP contribution >= 0.6 is 39.0 Å². The summed E-state index contributed by atoms with van der Waals surface area (Å²) >= 11 is 6.15. The van der Waals surface area contributed by atoms with Gasteiger partial charge in [-0.25, -0.2) is 4.39 Å². The Morgan fingerprint density at radius 2 is 2.04 bits per heavy atom. The molecule has 0 radical (unpaired) electrons. The minimum absolute atomic E-state index is 0.121. The molecule has 0 saturated carbocycles. The largest absolute Gasteiger partial charge is 0.330 e. The quantitative estimate of drug-likeness (QED) is 0.487. The Hall–Kier alpha value is -1.97. The van der Waals surface area contributed by atoms with Crippen LogP contribution < -0.4 is 10.6 Å². The van der Waals surface area contributed by atoms with Crippen molar-refractivity contribution in [2.45, 2.75) is 17.0 Å². The number of amides is 1. The van der Waals surface area contributed by atoms with Gasteiger partial charge in [-0.2, -0.15) is 0 Å². The van der Waals surface area contributed by atoms with Crippen LogP contribution in [0, 0.1) is 5.82 Å². The fourth-order valence-electron chi connectivity index (χ4n) is 2.09. The van der Waals surface area contributed by atoms with E-state index in [2.05, 4.69) is 36.8 Å². The van der Waals surface area contributed by atoms with Gasteiger partial charge in [0.25, 0.3) is 0 Å².